The van der Waals surface area contributed by atoms with Crippen LogP contribution in [0.4, 0.5) is 0 Å². The van der Waals surface area contributed by atoms with E-state index in [2.05, 4.69) is 6.92 Å². The lowest BCUT2D eigenvalue weighted by Gasteiger charge is -2.35. The number of carbonyl (C=O) groups is 2. The number of benzene rings is 1. The molecule has 1 heterocycles. The van der Waals surface area contributed by atoms with Crippen LogP contribution in [0.3, 0.4) is 0 Å². The molecule has 1 aromatic rings. The van der Waals surface area contributed by atoms with E-state index in [1.807, 2.05) is 38.1 Å². The van der Waals surface area contributed by atoms with E-state index in [4.69, 9.17) is 0 Å². The van der Waals surface area contributed by atoms with Crippen LogP contribution in [0, 0.1) is 5.41 Å². The number of amides is 1. The molecule has 0 aromatic heterocycles. The van der Waals surface area contributed by atoms with Gasteiger partial charge in [-0.1, -0.05) is 32.9 Å². The number of rotatable bonds is 2. The Hall–Kier alpha value is -1.64. The molecule has 0 aliphatic carbocycles. The average Bonchev–Trinajstić information content (AvgIpc) is 2.41. The summed E-state index contributed by atoms with van der Waals surface area (Å²) in [4.78, 5) is 26.0. The van der Waals surface area contributed by atoms with Crippen molar-refractivity contribution in [2.75, 3.05) is 13.1 Å². The smallest absolute Gasteiger partial charge is 0.254 e. The summed E-state index contributed by atoms with van der Waals surface area (Å²) < 4.78 is 0. The molecule has 102 valence electrons. The van der Waals surface area contributed by atoms with Crippen LogP contribution >= 0.6 is 0 Å². The van der Waals surface area contributed by atoms with E-state index in [-0.39, 0.29) is 23.7 Å². The monoisotopic (exact) mass is 259 g/mol. The highest BCUT2D eigenvalue weighted by Crippen LogP contribution is 2.27. The predicted octanol–water partition coefficient (Wildman–Crippen LogP) is 2.69. The zero-order chi connectivity index (χ0) is 14.0. The van der Waals surface area contributed by atoms with E-state index >= 15 is 0 Å². The first-order valence-electron chi connectivity index (χ1n) is 6.85. The molecule has 0 spiro atoms. The first-order valence-corrected chi connectivity index (χ1v) is 6.85. The Bertz CT molecular complexity index is 488. The van der Waals surface area contributed by atoms with Gasteiger partial charge in [0.1, 0.15) is 0 Å². The van der Waals surface area contributed by atoms with Gasteiger partial charge in [-0.15, -0.1) is 0 Å². The van der Waals surface area contributed by atoms with Crippen molar-refractivity contribution < 1.29 is 9.59 Å². The van der Waals surface area contributed by atoms with Gasteiger partial charge in [0.25, 0.3) is 5.91 Å². The highest BCUT2D eigenvalue weighted by atomic mass is 16.2. The minimum Gasteiger partial charge on any atom is -0.331 e. The largest absolute Gasteiger partial charge is 0.331 e. The lowest BCUT2D eigenvalue weighted by molar-refractivity contribution is -0.130. The first-order chi connectivity index (χ1) is 8.94. The van der Waals surface area contributed by atoms with Gasteiger partial charge in [0.15, 0.2) is 5.78 Å². The maximum Gasteiger partial charge on any atom is 0.254 e. The van der Waals surface area contributed by atoms with Crippen molar-refractivity contribution in [2.24, 2.45) is 5.41 Å². The molecule has 19 heavy (non-hydrogen) atoms. The molecule has 1 aliphatic heterocycles. The van der Waals surface area contributed by atoms with Crippen molar-refractivity contribution in [3.63, 3.8) is 0 Å². The number of piperidine rings is 1. The number of aryl methyl sites for hydroxylation is 1. The predicted molar refractivity (Wildman–Crippen MR) is 75.1 cm³/mol. The van der Waals surface area contributed by atoms with Gasteiger partial charge < -0.3 is 4.90 Å². The van der Waals surface area contributed by atoms with Crippen LogP contribution in [0.1, 0.15) is 43.1 Å². The number of Topliss-reactive ketones (excluding diaryl/α,β-unsaturated/α-hetero) is 1. The quantitative estimate of drug-likeness (QED) is 0.819. The number of likely N-dealkylation sites (tertiary alicyclic amines) is 1. The summed E-state index contributed by atoms with van der Waals surface area (Å²) in [7, 11) is 0. The van der Waals surface area contributed by atoms with Crippen molar-refractivity contribution >= 4 is 11.7 Å². The number of ketones is 1. The van der Waals surface area contributed by atoms with E-state index in [0.29, 0.717) is 12.1 Å². The normalized spacial score (nSPS) is 18.5. The van der Waals surface area contributed by atoms with Crippen molar-refractivity contribution in [3.8, 4) is 0 Å². The van der Waals surface area contributed by atoms with Crippen LogP contribution < -0.4 is 0 Å². The second-order valence-corrected chi connectivity index (χ2v) is 5.83. The standard InChI is InChI=1S/C16H21NO2/c1-4-12-5-7-13(8-6-12)15(19)17-10-9-16(2,3)14(18)11-17/h5-8H,4,9-11H2,1-3H3. The third-order valence-corrected chi connectivity index (χ3v) is 3.99. The van der Waals surface area contributed by atoms with E-state index in [1.165, 1.54) is 5.56 Å². The molecule has 0 N–H and O–H groups in total. The summed E-state index contributed by atoms with van der Waals surface area (Å²) in [5.74, 6) is 0.115. The molecular weight excluding hydrogens is 238 g/mol. The molecule has 3 heteroatoms. The highest BCUT2D eigenvalue weighted by Gasteiger charge is 2.35. The second kappa shape index (κ2) is 5.16. The summed E-state index contributed by atoms with van der Waals surface area (Å²) >= 11 is 0. The van der Waals surface area contributed by atoms with Gasteiger partial charge in [0, 0.05) is 17.5 Å². The van der Waals surface area contributed by atoms with Crippen molar-refractivity contribution in [1.29, 1.82) is 0 Å². The van der Waals surface area contributed by atoms with E-state index < -0.39 is 0 Å². The summed E-state index contributed by atoms with van der Waals surface area (Å²) in [6.07, 6.45) is 1.70. The van der Waals surface area contributed by atoms with Crippen molar-refractivity contribution in [2.45, 2.75) is 33.6 Å². The average molecular weight is 259 g/mol. The van der Waals surface area contributed by atoms with Crippen LogP contribution in [-0.4, -0.2) is 29.7 Å². The Morgan fingerprint density at radius 1 is 1.26 bits per heavy atom. The molecule has 1 aliphatic rings. The molecule has 0 radical (unpaired) electrons. The number of carbonyl (C=O) groups excluding carboxylic acids is 2. The fourth-order valence-corrected chi connectivity index (χ4v) is 2.26. The second-order valence-electron chi connectivity index (χ2n) is 5.83. The van der Waals surface area contributed by atoms with Crippen LogP contribution in [0.2, 0.25) is 0 Å². The van der Waals surface area contributed by atoms with Gasteiger partial charge in [0.05, 0.1) is 6.54 Å². The molecule has 0 atom stereocenters. The van der Waals surface area contributed by atoms with E-state index in [1.54, 1.807) is 4.90 Å². The SMILES string of the molecule is CCc1ccc(C(=O)N2CCC(C)(C)C(=O)C2)cc1. The Morgan fingerprint density at radius 3 is 2.42 bits per heavy atom. The van der Waals surface area contributed by atoms with E-state index in [9.17, 15) is 9.59 Å². The molecule has 0 unspecified atom stereocenters. The van der Waals surface area contributed by atoms with Crippen LogP contribution in [0.5, 0.6) is 0 Å². The Morgan fingerprint density at radius 2 is 1.89 bits per heavy atom. The molecule has 1 aromatic carbocycles. The lowest BCUT2D eigenvalue weighted by atomic mass is 9.81. The summed E-state index contributed by atoms with van der Waals surface area (Å²) in [6, 6.07) is 7.66. The number of hydrogen-bond donors (Lipinski definition) is 0. The summed E-state index contributed by atoms with van der Waals surface area (Å²) in [6.45, 7) is 6.89. The van der Waals surface area contributed by atoms with Gasteiger partial charge in [-0.3, -0.25) is 9.59 Å². The Kier molecular flexibility index (Phi) is 3.74. The van der Waals surface area contributed by atoms with Gasteiger partial charge in [0.2, 0.25) is 0 Å². The summed E-state index contributed by atoms with van der Waals surface area (Å²) in [5, 5.41) is 0. The first kappa shape index (κ1) is 13.8. The molecule has 0 bridgehead atoms. The topological polar surface area (TPSA) is 37.4 Å². The van der Waals surface area contributed by atoms with Crippen molar-refractivity contribution in [1.82, 2.24) is 4.90 Å². The molecule has 1 saturated heterocycles. The molecule has 3 nitrogen and oxygen atoms in total. The summed E-state index contributed by atoms with van der Waals surface area (Å²) in [5.41, 5.74) is 1.60. The molecular formula is C16H21NO2. The number of hydrogen-bond acceptors (Lipinski definition) is 2. The zero-order valence-electron chi connectivity index (χ0n) is 11.9. The fourth-order valence-electron chi connectivity index (χ4n) is 2.26. The van der Waals surface area contributed by atoms with Gasteiger partial charge in [-0.25, -0.2) is 0 Å². The Labute approximate surface area is 114 Å². The minimum atomic E-state index is -0.289. The third-order valence-electron chi connectivity index (χ3n) is 3.99. The lowest BCUT2D eigenvalue weighted by Crippen LogP contribution is -2.47. The zero-order valence-corrected chi connectivity index (χ0v) is 11.9. The Balaban J connectivity index is 2.10. The van der Waals surface area contributed by atoms with Crippen molar-refractivity contribution in [3.05, 3.63) is 35.4 Å². The minimum absolute atomic E-state index is 0.0356. The maximum absolute atomic E-state index is 12.3. The van der Waals surface area contributed by atoms with E-state index in [0.717, 1.165) is 12.8 Å². The third kappa shape index (κ3) is 2.86. The van der Waals surface area contributed by atoms with Crippen LogP contribution in [0.15, 0.2) is 24.3 Å². The highest BCUT2D eigenvalue weighted by molar-refractivity contribution is 5.98. The van der Waals surface area contributed by atoms with Crippen LogP contribution in [0.25, 0.3) is 0 Å². The van der Waals surface area contributed by atoms with Gasteiger partial charge in [-0.05, 0) is 30.5 Å². The molecule has 1 amide bonds. The molecule has 1 fully saturated rings. The molecule has 2 rings (SSSR count). The van der Waals surface area contributed by atoms with Gasteiger partial charge in [-0.2, -0.15) is 0 Å². The number of nitrogens with zero attached hydrogens (tertiary/aromatic N) is 1. The fraction of sp³-hybridized carbons (Fsp3) is 0.500. The van der Waals surface area contributed by atoms with Crippen LogP contribution in [-0.2, 0) is 11.2 Å². The molecule has 0 saturated carbocycles. The maximum atomic E-state index is 12.3. The van der Waals surface area contributed by atoms with Gasteiger partial charge >= 0.3 is 0 Å².